The van der Waals surface area contributed by atoms with Crippen molar-refractivity contribution in [2.75, 3.05) is 13.2 Å². The summed E-state index contributed by atoms with van der Waals surface area (Å²) in [6.07, 6.45) is 7.64. The minimum Gasteiger partial charge on any atom is -0.593 e. The predicted molar refractivity (Wildman–Crippen MR) is 162 cm³/mol. The van der Waals surface area contributed by atoms with Crippen molar-refractivity contribution in [2.45, 2.75) is 122 Å². The first-order chi connectivity index (χ1) is 18.9. The molecule has 1 unspecified atom stereocenters. The minimum absolute atomic E-state index is 0.0787. The van der Waals surface area contributed by atoms with Crippen molar-refractivity contribution >= 4 is 17.3 Å². The van der Waals surface area contributed by atoms with Crippen LogP contribution in [-0.4, -0.2) is 44.9 Å². The number of nitrogens with one attached hydrogen (secondary N) is 2. The van der Waals surface area contributed by atoms with Gasteiger partial charge in [0.05, 0.1) is 34.8 Å². The Hall–Kier alpha value is -1.84. The van der Waals surface area contributed by atoms with E-state index >= 15 is 0 Å². The van der Waals surface area contributed by atoms with E-state index in [-0.39, 0.29) is 29.5 Å². The molecule has 1 saturated heterocycles. The number of ether oxygens (including phenoxy) is 1. The monoisotopic (exact) mass is 571 g/mol. The number of nitrogens with zero attached hydrogens (tertiary/aromatic N) is 1. The Kier molecular flexibility index (Phi) is 10.1. The lowest BCUT2D eigenvalue weighted by Crippen LogP contribution is -2.41. The summed E-state index contributed by atoms with van der Waals surface area (Å²) < 4.78 is 24.3. The maximum Gasteiger partial charge on any atom is 0.253 e. The van der Waals surface area contributed by atoms with Crippen molar-refractivity contribution in [3.63, 3.8) is 0 Å². The Labute approximate surface area is 243 Å². The van der Waals surface area contributed by atoms with Crippen LogP contribution in [0, 0.1) is 5.92 Å². The van der Waals surface area contributed by atoms with Crippen LogP contribution < -0.4 is 10.0 Å². The van der Waals surface area contributed by atoms with Crippen LogP contribution >= 0.6 is 0 Å². The average Bonchev–Trinajstić information content (AvgIpc) is 3.26. The van der Waals surface area contributed by atoms with Crippen LogP contribution in [0.1, 0.15) is 108 Å². The standard InChI is InChI=1S/C32H49N3O4S/c1-31(2,3)26-18-23(12-13-29(26)40(38)34-32(4,5)6)27-19-25(30(37)33-24-14-16-39-17-15-24)28(21-36)35(27)20-22-10-8-7-9-11-22/h12-13,18-19,22,24,34,36H,7-11,14-17,20-21H2,1-6H3,(H,33,37). The van der Waals surface area contributed by atoms with Gasteiger partial charge in [0.1, 0.15) is 0 Å². The molecule has 0 bridgehead atoms. The second-order valence-corrected chi connectivity index (χ2v) is 14.8. The highest BCUT2D eigenvalue weighted by Crippen LogP contribution is 2.36. The van der Waals surface area contributed by atoms with E-state index in [1.165, 1.54) is 19.3 Å². The highest BCUT2D eigenvalue weighted by atomic mass is 32.2. The van der Waals surface area contributed by atoms with Crippen molar-refractivity contribution in [3.05, 3.63) is 41.1 Å². The molecule has 1 atom stereocenters. The number of hydrogen-bond acceptors (Lipinski definition) is 5. The van der Waals surface area contributed by atoms with E-state index < -0.39 is 11.4 Å². The SMILES string of the molecule is CC(C)(C)N[S+]([O-])c1ccc(-c2cc(C(=O)NC3CCOCC3)c(CO)n2CC2CCCCC2)cc1C(C)(C)C. The number of benzene rings is 1. The highest BCUT2D eigenvalue weighted by molar-refractivity contribution is 7.89. The molecule has 1 aliphatic heterocycles. The van der Waals surface area contributed by atoms with Crippen molar-refractivity contribution in [2.24, 2.45) is 5.92 Å². The van der Waals surface area contributed by atoms with Crippen molar-refractivity contribution in [1.82, 2.24) is 14.6 Å². The summed E-state index contributed by atoms with van der Waals surface area (Å²) in [6.45, 7) is 14.3. The number of rotatable bonds is 8. The van der Waals surface area contributed by atoms with Crippen LogP contribution in [0.5, 0.6) is 0 Å². The quantitative estimate of drug-likeness (QED) is 0.346. The fourth-order valence-electron chi connectivity index (χ4n) is 5.91. The first-order valence-corrected chi connectivity index (χ1v) is 16.1. The molecule has 4 rings (SSSR count). The van der Waals surface area contributed by atoms with Gasteiger partial charge in [-0.15, -0.1) is 4.72 Å². The lowest BCUT2D eigenvalue weighted by Gasteiger charge is -2.28. The highest BCUT2D eigenvalue weighted by Gasteiger charge is 2.31. The summed E-state index contributed by atoms with van der Waals surface area (Å²) >= 11 is -1.37. The number of amides is 1. The van der Waals surface area contributed by atoms with E-state index in [1.54, 1.807) is 0 Å². The van der Waals surface area contributed by atoms with Crippen molar-refractivity contribution in [3.8, 4) is 11.3 Å². The van der Waals surface area contributed by atoms with E-state index in [0.29, 0.717) is 30.4 Å². The summed E-state index contributed by atoms with van der Waals surface area (Å²) in [5.74, 6) is 0.379. The average molecular weight is 572 g/mol. The van der Waals surface area contributed by atoms with Crippen LogP contribution in [0.25, 0.3) is 11.3 Å². The zero-order chi connectivity index (χ0) is 29.1. The largest absolute Gasteiger partial charge is 0.593 e. The van der Waals surface area contributed by atoms with Crippen LogP contribution in [0.15, 0.2) is 29.2 Å². The number of carbonyl (C=O) groups excluding carboxylic acids is 1. The van der Waals surface area contributed by atoms with E-state index in [9.17, 15) is 14.5 Å². The van der Waals surface area contributed by atoms with Crippen LogP contribution in [0.3, 0.4) is 0 Å². The minimum atomic E-state index is -1.37. The van der Waals surface area contributed by atoms with Gasteiger partial charge in [0.15, 0.2) is 4.90 Å². The number of aliphatic hydroxyl groups is 1. The van der Waals surface area contributed by atoms with Crippen LogP contribution in [-0.2, 0) is 34.7 Å². The van der Waals surface area contributed by atoms with Gasteiger partial charge in [-0.25, -0.2) is 0 Å². The third kappa shape index (κ3) is 7.71. The molecule has 0 radical (unpaired) electrons. The molecule has 1 aromatic carbocycles. The number of aliphatic hydroxyl groups excluding tert-OH is 1. The van der Waals surface area contributed by atoms with Gasteiger partial charge in [-0.05, 0) is 87.6 Å². The normalized spacial score (nSPS) is 18.6. The molecule has 1 aliphatic carbocycles. The molecule has 7 nitrogen and oxygen atoms in total. The Morgan fingerprint density at radius 1 is 1.05 bits per heavy atom. The molecule has 8 heteroatoms. The van der Waals surface area contributed by atoms with Gasteiger partial charge in [0.2, 0.25) is 0 Å². The van der Waals surface area contributed by atoms with Gasteiger partial charge < -0.3 is 24.3 Å². The third-order valence-electron chi connectivity index (χ3n) is 8.01. The summed E-state index contributed by atoms with van der Waals surface area (Å²) in [7, 11) is 0. The summed E-state index contributed by atoms with van der Waals surface area (Å²) in [4.78, 5) is 14.3. The Bertz CT molecular complexity index is 1150. The number of aromatic nitrogens is 1. The van der Waals surface area contributed by atoms with E-state index in [1.807, 2.05) is 39.0 Å². The summed E-state index contributed by atoms with van der Waals surface area (Å²) in [5, 5.41) is 13.8. The van der Waals surface area contributed by atoms with Crippen molar-refractivity contribution < 1.29 is 19.2 Å². The van der Waals surface area contributed by atoms with Gasteiger partial charge in [-0.3, -0.25) is 4.79 Å². The topological polar surface area (TPSA) is 98.6 Å². The van der Waals surface area contributed by atoms with E-state index in [0.717, 1.165) is 53.9 Å². The number of carbonyl (C=O) groups is 1. The van der Waals surface area contributed by atoms with Gasteiger partial charge in [0.25, 0.3) is 5.91 Å². The Morgan fingerprint density at radius 2 is 1.73 bits per heavy atom. The maximum absolute atomic E-state index is 13.6. The molecule has 222 valence electrons. The molecular formula is C32H49N3O4S. The molecule has 1 saturated carbocycles. The van der Waals surface area contributed by atoms with Gasteiger partial charge >= 0.3 is 0 Å². The second kappa shape index (κ2) is 13.0. The van der Waals surface area contributed by atoms with Gasteiger partial charge in [0, 0.05) is 37.1 Å². The molecule has 2 aliphatic rings. The smallest absolute Gasteiger partial charge is 0.253 e. The molecule has 2 heterocycles. The first-order valence-electron chi connectivity index (χ1n) is 14.9. The zero-order valence-electron chi connectivity index (χ0n) is 25.3. The number of hydrogen-bond donors (Lipinski definition) is 3. The second-order valence-electron chi connectivity index (χ2n) is 13.6. The maximum atomic E-state index is 13.6. The van der Waals surface area contributed by atoms with E-state index in [2.05, 4.69) is 41.4 Å². The lowest BCUT2D eigenvalue weighted by atomic mass is 9.85. The molecule has 1 amide bonds. The molecular weight excluding hydrogens is 522 g/mol. The molecule has 40 heavy (non-hydrogen) atoms. The molecule has 1 aromatic heterocycles. The Balaban J connectivity index is 1.78. The fourth-order valence-corrected chi connectivity index (χ4v) is 7.33. The predicted octanol–water partition coefficient (Wildman–Crippen LogP) is 5.84. The third-order valence-corrected chi connectivity index (χ3v) is 9.56. The fraction of sp³-hybridized carbons (Fsp3) is 0.656. The van der Waals surface area contributed by atoms with Crippen LogP contribution in [0.2, 0.25) is 0 Å². The van der Waals surface area contributed by atoms with E-state index in [4.69, 9.17) is 4.74 Å². The van der Waals surface area contributed by atoms with Gasteiger partial charge in [-0.1, -0.05) is 40.0 Å². The van der Waals surface area contributed by atoms with Crippen LogP contribution in [0.4, 0.5) is 0 Å². The molecule has 2 fully saturated rings. The molecule has 0 spiro atoms. The molecule has 2 aromatic rings. The lowest BCUT2D eigenvalue weighted by molar-refractivity contribution is 0.0695. The summed E-state index contributed by atoms with van der Waals surface area (Å²) in [6, 6.07) is 8.14. The molecule has 3 N–H and O–H groups in total. The van der Waals surface area contributed by atoms with Gasteiger partial charge in [-0.2, -0.15) is 0 Å². The zero-order valence-corrected chi connectivity index (χ0v) is 26.1. The first kappa shape index (κ1) is 31.1. The summed E-state index contributed by atoms with van der Waals surface area (Å²) in [5.41, 5.74) is 3.57. The van der Waals surface area contributed by atoms with Crippen molar-refractivity contribution in [1.29, 1.82) is 0 Å². The Morgan fingerprint density at radius 3 is 2.33 bits per heavy atom.